The van der Waals surface area contributed by atoms with E-state index in [1.165, 1.54) is 5.56 Å². The van der Waals surface area contributed by atoms with Crippen LogP contribution in [0.15, 0.2) is 30.7 Å². The van der Waals surface area contributed by atoms with Crippen molar-refractivity contribution in [3.8, 4) is 0 Å². The fraction of sp³-hybridized carbons (Fsp3) is 0.529. The lowest BCUT2D eigenvalue weighted by Crippen LogP contribution is -2.39. The molecule has 0 aliphatic carbocycles. The van der Waals surface area contributed by atoms with Gasteiger partial charge < -0.3 is 9.72 Å². The number of morpholine rings is 1. The number of rotatable bonds is 3. The van der Waals surface area contributed by atoms with E-state index in [2.05, 4.69) is 52.8 Å². The minimum absolute atomic E-state index is 0.0801. The molecule has 3 rings (SSSR count). The second-order valence-electron chi connectivity index (χ2n) is 6.85. The molecule has 0 aromatic carbocycles. The van der Waals surface area contributed by atoms with Crippen molar-refractivity contribution in [1.82, 2.24) is 19.9 Å². The number of hydrogen-bond acceptors (Lipinski definition) is 4. The van der Waals surface area contributed by atoms with Crippen LogP contribution in [0, 0.1) is 0 Å². The smallest absolute Gasteiger partial charge is 0.126 e. The SMILES string of the molecule is CC(C)(C)c1cnc([C@@H]2COCCN2Cc2ccncc2)[nH]1. The number of aromatic amines is 1. The largest absolute Gasteiger partial charge is 0.378 e. The van der Waals surface area contributed by atoms with Crippen LogP contribution in [-0.2, 0) is 16.7 Å². The first kappa shape index (κ1) is 15.2. The van der Waals surface area contributed by atoms with E-state index in [0.717, 1.165) is 31.2 Å². The van der Waals surface area contributed by atoms with Gasteiger partial charge in [0.05, 0.1) is 19.3 Å². The molecule has 0 bridgehead atoms. The summed E-state index contributed by atoms with van der Waals surface area (Å²) in [6.45, 7) is 9.83. The Hall–Kier alpha value is -1.72. The maximum Gasteiger partial charge on any atom is 0.126 e. The molecule has 1 atom stereocenters. The van der Waals surface area contributed by atoms with Crippen molar-refractivity contribution in [3.05, 3.63) is 47.8 Å². The van der Waals surface area contributed by atoms with E-state index in [9.17, 15) is 0 Å². The Labute approximate surface area is 131 Å². The number of nitrogens with one attached hydrogen (secondary N) is 1. The third-order valence-electron chi connectivity index (χ3n) is 4.09. The molecule has 118 valence electrons. The molecule has 0 unspecified atom stereocenters. The van der Waals surface area contributed by atoms with Gasteiger partial charge in [0.2, 0.25) is 0 Å². The van der Waals surface area contributed by atoms with E-state index >= 15 is 0 Å². The molecule has 1 aliphatic heterocycles. The quantitative estimate of drug-likeness (QED) is 0.947. The topological polar surface area (TPSA) is 54.0 Å². The molecule has 5 heteroatoms. The zero-order valence-electron chi connectivity index (χ0n) is 13.5. The highest BCUT2D eigenvalue weighted by Gasteiger charge is 2.28. The maximum atomic E-state index is 5.69. The van der Waals surface area contributed by atoms with E-state index in [4.69, 9.17) is 4.74 Å². The summed E-state index contributed by atoms with van der Waals surface area (Å²) in [5, 5.41) is 0. The van der Waals surface area contributed by atoms with Crippen molar-refractivity contribution in [2.24, 2.45) is 0 Å². The molecule has 1 N–H and O–H groups in total. The molecular formula is C17H24N4O. The third kappa shape index (κ3) is 3.36. The average Bonchev–Trinajstić information content (AvgIpc) is 2.99. The first-order valence-electron chi connectivity index (χ1n) is 7.80. The van der Waals surface area contributed by atoms with E-state index in [-0.39, 0.29) is 11.5 Å². The molecule has 1 aliphatic rings. The number of nitrogens with zero attached hydrogens (tertiary/aromatic N) is 3. The van der Waals surface area contributed by atoms with Crippen molar-refractivity contribution in [2.45, 2.75) is 38.8 Å². The average molecular weight is 300 g/mol. The molecule has 1 saturated heterocycles. The highest BCUT2D eigenvalue weighted by Crippen LogP contribution is 2.27. The zero-order chi connectivity index (χ0) is 15.6. The second-order valence-corrected chi connectivity index (χ2v) is 6.85. The predicted molar refractivity (Wildman–Crippen MR) is 85.5 cm³/mol. The summed E-state index contributed by atoms with van der Waals surface area (Å²) >= 11 is 0. The molecule has 0 amide bonds. The number of aromatic nitrogens is 3. The van der Waals surface area contributed by atoms with E-state index in [1.54, 1.807) is 0 Å². The molecule has 3 heterocycles. The van der Waals surface area contributed by atoms with E-state index < -0.39 is 0 Å². The van der Waals surface area contributed by atoms with Crippen LogP contribution in [0.25, 0.3) is 0 Å². The number of hydrogen-bond donors (Lipinski definition) is 1. The van der Waals surface area contributed by atoms with Gasteiger partial charge in [0.1, 0.15) is 5.82 Å². The summed E-state index contributed by atoms with van der Waals surface area (Å²) < 4.78 is 5.69. The number of pyridine rings is 1. The Bertz CT molecular complexity index is 603. The minimum Gasteiger partial charge on any atom is -0.378 e. The van der Waals surface area contributed by atoms with Crippen molar-refractivity contribution < 1.29 is 4.74 Å². The van der Waals surface area contributed by atoms with E-state index in [1.807, 2.05) is 18.6 Å². The molecule has 0 radical (unpaired) electrons. The first-order valence-corrected chi connectivity index (χ1v) is 7.80. The van der Waals surface area contributed by atoms with Gasteiger partial charge >= 0.3 is 0 Å². The first-order chi connectivity index (χ1) is 10.5. The van der Waals surface area contributed by atoms with Crippen molar-refractivity contribution >= 4 is 0 Å². The zero-order valence-corrected chi connectivity index (χ0v) is 13.5. The Morgan fingerprint density at radius 1 is 1.32 bits per heavy atom. The molecule has 1 fully saturated rings. The summed E-state index contributed by atoms with van der Waals surface area (Å²) in [6, 6.07) is 4.31. The summed E-state index contributed by atoms with van der Waals surface area (Å²) in [6.07, 6.45) is 5.64. The Morgan fingerprint density at radius 3 is 2.77 bits per heavy atom. The third-order valence-corrected chi connectivity index (χ3v) is 4.09. The van der Waals surface area contributed by atoms with Crippen LogP contribution < -0.4 is 0 Å². The van der Waals surface area contributed by atoms with Crippen LogP contribution in [0.4, 0.5) is 0 Å². The predicted octanol–water partition coefficient (Wildman–Crippen LogP) is 2.68. The van der Waals surface area contributed by atoms with Gasteiger partial charge in [-0.1, -0.05) is 20.8 Å². The van der Waals surface area contributed by atoms with Crippen molar-refractivity contribution in [3.63, 3.8) is 0 Å². The Balaban J connectivity index is 1.79. The highest BCUT2D eigenvalue weighted by atomic mass is 16.5. The monoisotopic (exact) mass is 300 g/mol. The lowest BCUT2D eigenvalue weighted by molar-refractivity contribution is -0.0157. The molecule has 22 heavy (non-hydrogen) atoms. The summed E-state index contributed by atoms with van der Waals surface area (Å²) in [5.41, 5.74) is 2.51. The normalized spacial score (nSPS) is 20.2. The fourth-order valence-electron chi connectivity index (χ4n) is 2.69. The van der Waals surface area contributed by atoms with Crippen LogP contribution in [0.3, 0.4) is 0 Å². The van der Waals surface area contributed by atoms with Crippen LogP contribution in [0.1, 0.15) is 43.9 Å². The summed E-state index contributed by atoms with van der Waals surface area (Å²) in [5.74, 6) is 0.999. The standard InChI is InChI=1S/C17H24N4O/c1-17(2,3)15-10-19-16(20-15)14-12-22-9-8-21(14)11-13-4-6-18-7-5-13/h4-7,10,14H,8-9,11-12H2,1-3H3,(H,19,20)/t14-/m0/s1. The fourth-order valence-corrected chi connectivity index (χ4v) is 2.69. The van der Waals surface area contributed by atoms with Crippen LogP contribution in [0.2, 0.25) is 0 Å². The van der Waals surface area contributed by atoms with Crippen LogP contribution >= 0.6 is 0 Å². The Kier molecular flexibility index (Phi) is 4.27. The molecule has 5 nitrogen and oxygen atoms in total. The molecule has 2 aromatic heterocycles. The van der Waals surface area contributed by atoms with Gasteiger partial charge in [0.15, 0.2) is 0 Å². The molecule has 2 aromatic rings. The van der Waals surface area contributed by atoms with Gasteiger partial charge in [-0.2, -0.15) is 0 Å². The lowest BCUT2D eigenvalue weighted by Gasteiger charge is -2.34. The number of H-pyrrole nitrogens is 1. The summed E-state index contributed by atoms with van der Waals surface area (Å²) in [4.78, 5) is 14.6. The van der Waals surface area contributed by atoms with Crippen molar-refractivity contribution in [1.29, 1.82) is 0 Å². The second kappa shape index (κ2) is 6.18. The number of ether oxygens (including phenoxy) is 1. The van der Waals surface area contributed by atoms with E-state index in [0.29, 0.717) is 6.61 Å². The minimum atomic E-state index is 0.0801. The molecule has 0 spiro atoms. The van der Waals surface area contributed by atoms with Gasteiger partial charge in [-0.3, -0.25) is 9.88 Å². The lowest BCUT2D eigenvalue weighted by atomic mass is 9.93. The van der Waals surface area contributed by atoms with Gasteiger partial charge in [-0.05, 0) is 17.7 Å². The van der Waals surface area contributed by atoms with Gasteiger partial charge in [0.25, 0.3) is 0 Å². The van der Waals surface area contributed by atoms with Crippen LogP contribution in [-0.4, -0.2) is 39.6 Å². The van der Waals surface area contributed by atoms with Gasteiger partial charge in [-0.25, -0.2) is 4.98 Å². The summed E-state index contributed by atoms with van der Waals surface area (Å²) in [7, 11) is 0. The number of imidazole rings is 1. The van der Waals surface area contributed by atoms with Gasteiger partial charge in [-0.15, -0.1) is 0 Å². The van der Waals surface area contributed by atoms with Crippen LogP contribution in [0.5, 0.6) is 0 Å². The molecule has 0 saturated carbocycles. The van der Waals surface area contributed by atoms with Gasteiger partial charge in [0, 0.05) is 42.8 Å². The maximum absolute atomic E-state index is 5.69. The molecular weight excluding hydrogens is 276 g/mol. The highest BCUT2D eigenvalue weighted by molar-refractivity contribution is 5.15. The van der Waals surface area contributed by atoms with Crippen molar-refractivity contribution in [2.75, 3.05) is 19.8 Å². The Morgan fingerprint density at radius 2 is 2.09 bits per heavy atom.